The zero-order chi connectivity index (χ0) is 23.4. The first-order valence-corrected chi connectivity index (χ1v) is 11.3. The fourth-order valence-electron chi connectivity index (χ4n) is 4.29. The van der Waals surface area contributed by atoms with Crippen molar-refractivity contribution in [3.8, 4) is 0 Å². The molecule has 1 saturated heterocycles. The van der Waals surface area contributed by atoms with Crippen LogP contribution in [0.4, 0.5) is 11.5 Å². The first kappa shape index (κ1) is 22.4. The summed E-state index contributed by atoms with van der Waals surface area (Å²) in [6, 6.07) is 11.6. The molecule has 33 heavy (non-hydrogen) atoms. The van der Waals surface area contributed by atoms with E-state index in [0.29, 0.717) is 49.6 Å². The van der Waals surface area contributed by atoms with E-state index in [0.717, 1.165) is 25.1 Å². The molecular weight excluding hydrogens is 422 g/mol. The van der Waals surface area contributed by atoms with Gasteiger partial charge in [-0.2, -0.15) is 0 Å². The van der Waals surface area contributed by atoms with Crippen molar-refractivity contribution >= 4 is 28.9 Å². The molecule has 0 radical (unpaired) electrons. The Hall–Kier alpha value is -3.75. The van der Waals surface area contributed by atoms with E-state index in [1.54, 1.807) is 18.3 Å². The van der Waals surface area contributed by atoms with Crippen molar-refractivity contribution < 1.29 is 14.5 Å². The highest BCUT2D eigenvalue weighted by atomic mass is 16.6. The molecule has 1 fully saturated rings. The van der Waals surface area contributed by atoms with Crippen molar-refractivity contribution in [3.63, 3.8) is 0 Å². The zero-order valence-corrected chi connectivity index (χ0v) is 18.6. The average molecular weight is 450 g/mol. The van der Waals surface area contributed by atoms with Crippen LogP contribution in [0.5, 0.6) is 0 Å². The third-order valence-corrected chi connectivity index (χ3v) is 6.06. The van der Waals surface area contributed by atoms with Crippen LogP contribution in [0, 0.1) is 10.1 Å². The van der Waals surface area contributed by atoms with Crippen molar-refractivity contribution in [1.29, 1.82) is 0 Å². The highest BCUT2D eigenvalue weighted by molar-refractivity contribution is 6.35. The number of hydrogen-bond acceptors (Lipinski definition) is 7. The largest absolute Gasteiger partial charge is 0.363 e. The van der Waals surface area contributed by atoms with Gasteiger partial charge in [-0.3, -0.25) is 24.6 Å². The van der Waals surface area contributed by atoms with Gasteiger partial charge in [0.25, 0.3) is 17.5 Å². The molecule has 2 amide bonds. The van der Waals surface area contributed by atoms with E-state index < -0.39 is 4.92 Å². The van der Waals surface area contributed by atoms with E-state index >= 15 is 0 Å². The molecule has 2 aromatic rings. The maximum Gasteiger partial charge on any atom is 0.277 e. The van der Waals surface area contributed by atoms with Gasteiger partial charge in [-0.05, 0) is 36.2 Å². The number of non-ortho nitro benzene ring substituents is 1. The van der Waals surface area contributed by atoms with E-state index in [1.807, 2.05) is 23.1 Å². The Morgan fingerprint density at radius 2 is 1.64 bits per heavy atom. The molecule has 0 aliphatic carbocycles. The van der Waals surface area contributed by atoms with Crippen LogP contribution in [0.15, 0.2) is 54.4 Å². The Morgan fingerprint density at radius 3 is 2.24 bits per heavy atom. The van der Waals surface area contributed by atoms with Gasteiger partial charge in [-0.1, -0.05) is 25.8 Å². The molecule has 0 saturated carbocycles. The lowest BCUT2D eigenvalue weighted by atomic mass is 10.0. The van der Waals surface area contributed by atoms with Crippen LogP contribution >= 0.6 is 0 Å². The number of hydrogen-bond donors (Lipinski definition) is 0. The zero-order valence-electron chi connectivity index (χ0n) is 18.6. The monoisotopic (exact) mass is 449 g/mol. The lowest BCUT2D eigenvalue weighted by molar-refractivity contribution is -0.384. The molecule has 1 aromatic carbocycles. The van der Waals surface area contributed by atoms with E-state index in [4.69, 9.17) is 0 Å². The van der Waals surface area contributed by atoms with Crippen molar-refractivity contribution in [2.24, 2.45) is 0 Å². The van der Waals surface area contributed by atoms with Gasteiger partial charge in [0, 0.05) is 51.1 Å². The molecule has 0 atom stereocenters. The summed E-state index contributed by atoms with van der Waals surface area (Å²) in [6.07, 6.45) is 4.43. The maximum absolute atomic E-state index is 13.4. The van der Waals surface area contributed by atoms with Crippen molar-refractivity contribution in [2.45, 2.75) is 26.2 Å². The van der Waals surface area contributed by atoms with Gasteiger partial charge >= 0.3 is 0 Å². The van der Waals surface area contributed by atoms with Crippen LogP contribution < -0.4 is 4.90 Å². The van der Waals surface area contributed by atoms with Gasteiger partial charge in [0.15, 0.2) is 0 Å². The van der Waals surface area contributed by atoms with Crippen LogP contribution in [0.1, 0.15) is 31.7 Å². The smallest absolute Gasteiger partial charge is 0.277 e. The number of anilines is 1. The van der Waals surface area contributed by atoms with Crippen molar-refractivity contribution in [3.05, 3.63) is 70.0 Å². The summed E-state index contributed by atoms with van der Waals surface area (Å²) >= 11 is 0. The Kier molecular flexibility index (Phi) is 6.67. The number of piperazine rings is 1. The van der Waals surface area contributed by atoms with Crippen LogP contribution in [0.25, 0.3) is 5.57 Å². The highest BCUT2D eigenvalue weighted by Gasteiger charge is 2.42. The predicted molar refractivity (Wildman–Crippen MR) is 124 cm³/mol. The molecule has 9 heteroatoms. The minimum absolute atomic E-state index is 0.0542. The SMILES string of the molecule is CCCCCN1C(=O)C(c2ccc([N+](=O)[O-])cc2)=C(N2CCN(c3ccccn3)CC2)C1=O. The molecule has 3 heterocycles. The standard InChI is InChI=1S/C24H27N5O4/c1-2-3-6-13-28-23(30)21(18-8-10-19(11-9-18)29(32)33)22(24(28)31)27-16-14-26(15-17-27)20-7-4-5-12-25-20/h4-5,7-12H,2-3,6,13-17H2,1H3. The Morgan fingerprint density at radius 1 is 0.939 bits per heavy atom. The first-order valence-electron chi connectivity index (χ1n) is 11.3. The number of nitro groups is 1. The van der Waals surface area contributed by atoms with Gasteiger partial charge in [-0.15, -0.1) is 0 Å². The van der Waals surface area contributed by atoms with E-state index in [-0.39, 0.29) is 17.5 Å². The molecule has 0 bridgehead atoms. The molecule has 0 spiro atoms. The number of benzene rings is 1. The van der Waals surface area contributed by atoms with Crippen molar-refractivity contribution in [1.82, 2.24) is 14.8 Å². The number of pyridine rings is 1. The summed E-state index contributed by atoms with van der Waals surface area (Å²) in [6.45, 7) is 4.94. The maximum atomic E-state index is 13.4. The molecule has 2 aliphatic rings. The number of rotatable bonds is 8. The lowest BCUT2D eigenvalue weighted by Gasteiger charge is -2.37. The normalized spacial score (nSPS) is 16.7. The quantitative estimate of drug-likeness (QED) is 0.264. The van der Waals surface area contributed by atoms with Gasteiger partial charge in [0.2, 0.25) is 0 Å². The van der Waals surface area contributed by atoms with Crippen LogP contribution in [-0.4, -0.2) is 64.2 Å². The highest BCUT2D eigenvalue weighted by Crippen LogP contribution is 2.33. The summed E-state index contributed by atoms with van der Waals surface area (Å²) in [5.41, 5.74) is 1.20. The second-order valence-electron chi connectivity index (χ2n) is 8.16. The van der Waals surface area contributed by atoms with Gasteiger partial charge in [-0.25, -0.2) is 4.98 Å². The third kappa shape index (κ3) is 4.57. The fourth-order valence-corrected chi connectivity index (χ4v) is 4.29. The summed E-state index contributed by atoms with van der Waals surface area (Å²) in [5, 5.41) is 11.1. The lowest BCUT2D eigenvalue weighted by Crippen LogP contribution is -2.48. The number of carbonyl (C=O) groups excluding carboxylic acids is 2. The van der Waals surface area contributed by atoms with Crippen molar-refractivity contribution in [2.75, 3.05) is 37.6 Å². The summed E-state index contributed by atoms with van der Waals surface area (Å²) in [4.78, 5) is 47.2. The molecule has 0 unspecified atom stereocenters. The Balaban J connectivity index is 1.62. The fraction of sp³-hybridized carbons (Fsp3) is 0.375. The number of imide groups is 1. The summed E-state index contributed by atoms with van der Waals surface area (Å²) < 4.78 is 0. The van der Waals surface area contributed by atoms with E-state index in [2.05, 4.69) is 16.8 Å². The minimum Gasteiger partial charge on any atom is -0.363 e. The third-order valence-electron chi connectivity index (χ3n) is 6.06. The summed E-state index contributed by atoms with van der Waals surface area (Å²) in [5.74, 6) is 0.277. The average Bonchev–Trinajstić information content (AvgIpc) is 3.09. The number of nitro benzene ring substituents is 1. The Labute approximate surface area is 192 Å². The van der Waals surface area contributed by atoms with Crippen LogP contribution in [0.3, 0.4) is 0 Å². The van der Waals surface area contributed by atoms with Gasteiger partial charge < -0.3 is 9.80 Å². The molecule has 4 rings (SSSR count). The first-order chi connectivity index (χ1) is 16.0. The van der Waals surface area contributed by atoms with Crippen LogP contribution in [-0.2, 0) is 9.59 Å². The molecule has 9 nitrogen and oxygen atoms in total. The number of aromatic nitrogens is 1. The second kappa shape index (κ2) is 9.81. The number of carbonyl (C=O) groups is 2. The molecular formula is C24H27N5O4. The molecule has 1 aromatic heterocycles. The number of unbranched alkanes of at least 4 members (excludes halogenated alkanes) is 2. The van der Waals surface area contributed by atoms with Gasteiger partial charge in [0.05, 0.1) is 10.5 Å². The van der Waals surface area contributed by atoms with E-state index in [1.165, 1.54) is 17.0 Å². The molecule has 172 valence electrons. The van der Waals surface area contributed by atoms with Crippen LogP contribution in [0.2, 0.25) is 0 Å². The Bertz CT molecular complexity index is 1060. The summed E-state index contributed by atoms with van der Waals surface area (Å²) in [7, 11) is 0. The second-order valence-corrected chi connectivity index (χ2v) is 8.16. The number of nitrogens with zero attached hydrogens (tertiary/aromatic N) is 5. The topological polar surface area (TPSA) is 99.9 Å². The van der Waals surface area contributed by atoms with E-state index in [9.17, 15) is 19.7 Å². The predicted octanol–water partition coefficient (Wildman–Crippen LogP) is 3.08. The molecule has 2 aliphatic heterocycles. The number of amides is 2. The van der Waals surface area contributed by atoms with Gasteiger partial charge in [0.1, 0.15) is 11.5 Å². The molecule has 0 N–H and O–H groups in total. The minimum atomic E-state index is -0.478.